The predicted octanol–water partition coefficient (Wildman–Crippen LogP) is 3.02. The number of hydrogen-bond donors (Lipinski definition) is 2. The van der Waals surface area contributed by atoms with E-state index in [0.29, 0.717) is 21.8 Å². The summed E-state index contributed by atoms with van der Waals surface area (Å²) in [7, 11) is 1.72. The van der Waals surface area contributed by atoms with E-state index in [1.165, 1.54) is 0 Å². The molecular formula is C17H25Cl2N3O2. The van der Waals surface area contributed by atoms with Gasteiger partial charge in [0, 0.05) is 19.7 Å². The van der Waals surface area contributed by atoms with Crippen molar-refractivity contribution >= 4 is 34.8 Å². The Hall–Kier alpha value is -0.850. The molecule has 1 aliphatic rings. The zero-order valence-corrected chi connectivity index (χ0v) is 15.7. The van der Waals surface area contributed by atoms with Gasteiger partial charge in [0.1, 0.15) is 0 Å². The number of carbonyl (C=O) groups excluding carboxylic acids is 1. The highest BCUT2D eigenvalue weighted by molar-refractivity contribution is 6.44. The number of rotatable bonds is 7. The summed E-state index contributed by atoms with van der Waals surface area (Å²) in [5.41, 5.74) is 0.539. The second-order valence-electron chi connectivity index (χ2n) is 6.09. The number of nitrogens with one attached hydrogen (secondary N) is 2. The van der Waals surface area contributed by atoms with Crippen molar-refractivity contribution in [2.45, 2.75) is 31.8 Å². The maximum Gasteiger partial charge on any atom is 0.241 e. The standard InChI is InChI=1S/C17H25Cl2N3O2/c1-12(17(23)21-15-5-3-4-14(18)16(15)19)20-13-6-8-22(9-7-13)10-11-24-2/h3-5,12-13,20H,6-11H2,1-2H3,(H,21,23)/t12-/m0/s1. The first-order valence-electron chi connectivity index (χ1n) is 8.23. The van der Waals surface area contributed by atoms with Crippen molar-refractivity contribution in [2.24, 2.45) is 0 Å². The van der Waals surface area contributed by atoms with Crippen LogP contribution in [-0.4, -0.2) is 56.2 Å². The van der Waals surface area contributed by atoms with E-state index in [1.54, 1.807) is 25.3 Å². The number of methoxy groups -OCH3 is 1. The second kappa shape index (κ2) is 9.59. The molecule has 0 aliphatic carbocycles. The van der Waals surface area contributed by atoms with Gasteiger partial charge < -0.3 is 20.3 Å². The van der Waals surface area contributed by atoms with Gasteiger partial charge >= 0.3 is 0 Å². The molecule has 1 aromatic rings. The molecule has 5 nitrogen and oxygen atoms in total. The van der Waals surface area contributed by atoms with Gasteiger partial charge in [0.05, 0.1) is 28.4 Å². The highest BCUT2D eigenvalue weighted by Crippen LogP contribution is 2.29. The molecule has 1 fully saturated rings. The number of benzene rings is 1. The quantitative estimate of drug-likeness (QED) is 0.771. The van der Waals surface area contributed by atoms with Crippen LogP contribution in [0.4, 0.5) is 5.69 Å². The van der Waals surface area contributed by atoms with Crippen LogP contribution in [0.25, 0.3) is 0 Å². The van der Waals surface area contributed by atoms with Gasteiger partial charge in [-0.05, 0) is 45.0 Å². The summed E-state index contributed by atoms with van der Waals surface area (Å²) in [6.07, 6.45) is 2.05. The Morgan fingerprint density at radius 1 is 1.38 bits per heavy atom. The van der Waals surface area contributed by atoms with Crippen LogP contribution in [-0.2, 0) is 9.53 Å². The summed E-state index contributed by atoms with van der Waals surface area (Å²) in [4.78, 5) is 14.7. The summed E-state index contributed by atoms with van der Waals surface area (Å²) in [6.45, 7) is 5.64. The number of carbonyl (C=O) groups is 1. The van der Waals surface area contributed by atoms with Crippen molar-refractivity contribution in [1.29, 1.82) is 0 Å². The van der Waals surface area contributed by atoms with E-state index < -0.39 is 0 Å². The molecule has 0 aromatic heterocycles. The third-order valence-electron chi connectivity index (χ3n) is 4.29. The molecule has 2 N–H and O–H groups in total. The number of likely N-dealkylation sites (tertiary alicyclic amines) is 1. The largest absolute Gasteiger partial charge is 0.383 e. The van der Waals surface area contributed by atoms with Gasteiger partial charge in [0.2, 0.25) is 5.91 Å². The van der Waals surface area contributed by atoms with Crippen LogP contribution in [0.15, 0.2) is 18.2 Å². The van der Waals surface area contributed by atoms with Crippen molar-refractivity contribution in [3.05, 3.63) is 28.2 Å². The molecule has 2 rings (SSSR count). The van der Waals surface area contributed by atoms with Crippen LogP contribution in [0.3, 0.4) is 0 Å². The molecular weight excluding hydrogens is 349 g/mol. The van der Waals surface area contributed by atoms with Crippen molar-refractivity contribution in [1.82, 2.24) is 10.2 Å². The van der Waals surface area contributed by atoms with Gasteiger partial charge in [0.25, 0.3) is 0 Å². The lowest BCUT2D eigenvalue weighted by Gasteiger charge is -2.33. The molecule has 1 aromatic carbocycles. The zero-order valence-electron chi connectivity index (χ0n) is 14.1. The summed E-state index contributed by atoms with van der Waals surface area (Å²) in [5, 5.41) is 7.03. The molecule has 0 unspecified atom stereocenters. The molecule has 24 heavy (non-hydrogen) atoms. The molecule has 0 bridgehead atoms. The molecule has 7 heteroatoms. The number of halogens is 2. The zero-order chi connectivity index (χ0) is 17.5. The molecule has 0 saturated carbocycles. The van der Waals surface area contributed by atoms with E-state index >= 15 is 0 Å². The minimum absolute atomic E-state index is 0.110. The Morgan fingerprint density at radius 3 is 2.75 bits per heavy atom. The minimum Gasteiger partial charge on any atom is -0.383 e. The van der Waals surface area contributed by atoms with Gasteiger partial charge in [-0.3, -0.25) is 4.79 Å². The topological polar surface area (TPSA) is 53.6 Å². The van der Waals surface area contributed by atoms with Gasteiger partial charge in [0.15, 0.2) is 0 Å². The number of anilines is 1. The summed E-state index contributed by atoms with van der Waals surface area (Å²) in [6, 6.07) is 5.25. The number of amides is 1. The Morgan fingerprint density at radius 2 is 2.08 bits per heavy atom. The first kappa shape index (κ1) is 19.5. The maximum atomic E-state index is 12.4. The van der Waals surface area contributed by atoms with Crippen molar-refractivity contribution in [3.8, 4) is 0 Å². The monoisotopic (exact) mass is 373 g/mol. The lowest BCUT2D eigenvalue weighted by molar-refractivity contribution is -0.118. The fraction of sp³-hybridized carbons (Fsp3) is 0.588. The van der Waals surface area contributed by atoms with Crippen LogP contribution in [0.5, 0.6) is 0 Å². The first-order chi connectivity index (χ1) is 11.5. The summed E-state index contributed by atoms with van der Waals surface area (Å²) < 4.78 is 5.11. The minimum atomic E-state index is -0.296. The summed E-state index contributed by atoms with van der Waals surface area (Å²) in [5.74, 6) is -0.110. The van der Waals surface area contributed by atoms with Crippen LogP contribution in [0.2, 0.25) is 10.0 Å². The second-order valence-corrected chi connectivity index (χ2v) is 6.87. The van der Waals surface area contributed by atoms with Gasteiger partial charge in [-0.2, -0.15) is 0 Å². The predicted molar refractivity (Wildman–Crippen MR) is 99.0 cm³/mol. The number of piperidine rings is 1. The van der Waals surface area contributed by atoms with E-state index in [-0.39, 0.29) is 11.9 Å². The normalized spacial score (nSPS) is 17.7. The van der Waals surface area contributed by atoms with E-state index in [9.17, 15) is 4.79 Å². The van der Waals surface area contributed by atoms with Crippen molar-refractivity contribution in [2.75, 3.05) is 38.7 Å². The van der Waals surface area contributed by atoms with Crippen LogP contribution in [0.1, 0.15) is 19.8 Å². The van der Waals surface area contributed by atoms with Crippen LogP contribution in [0, 0.1) is 0 Å². The maximum absolute atomic E-state index is 12.4. The molecule has 134 valence electrons. The number of ether oxygens (including phenoxy) is 1. The average molecular weight is 374 g/mol. The lowest BCUT2D eigenvalue weighted by atomic mass is 10.0. The lowest BCUT2D eigenvalue weighted by Crippen LogP contribution is -2.49. The summed E-state index contributed by atoms with van der Waals surface area (Å²) >= 11 is 12.1. The molecule has 1 atom stereocenters. The molecule has 1 aliphatic heterocycles. The highest BCUT2D eigenvalue weighted by atomic mass is 35.5. The smallest absolute Gasteiger partial charge is 0.241 e. The van der Waals surface area contributed by atoms with Gasteiger partial charge in [-0.15, -0.1) is 0 Å². The van der Waals surface area contributed by atoms with E-state index in [4.69, 9.17) is 27.9 Å². The third-order valence-corrected chi connectivity index (χ3v) is 5.11. The Balaban J connectivity index is 1.79. The Kier molecular flexibility index (Phi) is 7.78. The fourth-order valence-corrected chi connectivity index (χ4v) is 3.16. The molecule has 0 radical (unpaired) electrons. The third kappa shape index (κ3) is 5.60. The molecule has 1 saturated heterocycles. The number of hydrogen-bond acceptors (Lipinski definition) is 4. The molecule has 0 spiro atoms. The van der Waals surface area contributed by atoms with Crippen LogP contribution < -0.4 is 10.6 Å². The number of nitrogens with zero attached hydrogens (tertiary/aromatic N) is 1. The van der Waals surface area contributed by atoms with E-state index in [0.717, 1.165) is 39.1 Å². The van der Waals surface area contributed by atoms with Crippen molar-refractivity contribution in [3.63, 3.8) is 0 Å². The van der Waals surface area contributed by atoms with E-state index in [1.807, 2.05) is 6.92 Å². The van der Waals surface area contributed by atoms with Gasteiger partial charge in [-0.25, -0.2) is 0 Å². The molecule has 1 amide bonds. The van der Waals surface area contributed by atoms with Gasteiger partial charge in [-0.1, -0.05) is 29.3 Å². The van der Waals surface area contributed by atoms with Crippen molar-refractivity contribution < 1.29 is 9.53 Å². The highest BCUT2D eigenvalue weighted by Gasteiger charge is 2.23. The Labute approximate surface area is 153 Å². The SMILES string of the molecule is COCCN1CCC(N[C@@H](C)C(=O)Nc2cccc(Cl)c2Cl)CC1. The fourth-order valence-electron chi connectivity index (χ4n) is 2.81. The van der Waals surface area contributed by atoms with E-state index in [2.05, 4.69) is 15.5 Å². The first-order valence-corrected chi connectivity index (χ1v) is 8.99. The average Bonchev–Trinajstić information content (AvgIpc) is 2.58. The molecule has 1 heterocycles. The van der Waals surface area contributed by atoms with Crippen LogP contribution >= 0.6 is 23.2 Å². The Bertz CT molecular complexity index is 549.